The molecule has 0 aromatic heterocycles. The molecule has 2 rings (SSSR count). The Balaban J connectivity index is 2.34. The molecule has 0 radical (unpaired) electrons. The Hall–Kier alpha value is -2.28. The van der Waals surface area contributed by atoms with E-state index in [1.807, 2.05) is 0 Å². The van der Waals surface area contributed by atoms with Crippen molar-refractivity contribution in [3.05, 3.63) is 23.8 Å². The average molecular weight is 281 g/mol. The number of phenols is 2. The van der Waals surface area contributed by atoms with Gasteiger partial charge < -0.3 is 25.0 Å². The van der Waals surface area contributed by atoms with Gasteiger partial charge in [0.25, 0.3) is 5.91 Å². The summed E-state index contributed by atoms with van der Waals surface area (Å²) >= 11 is 0. The summed E-state index contributed by atoms with van der Waals surface area (Å²) in [7, 11) is 1.44. The first-order chi connectivity index (χ1) is 9.45. The Labute approximate surface area is 115 Å². The highest BCUT2D eigenvalue weighted by atomic mass is 16.5. The molecule has 7 heteroatoms. The maximum Gasteiger partial charge on any atom is 0.326 e. The number of aromatic hydroxyl groups is 2. The summed E-state index contributed by atoms with van der Waals surface area (Å²) in [4.78, 5) is 24.6. The van der Waals surface area contributed by atoms with Gasteiger partial charge in [-0.3, -0.25) is 4.79 Å². The summed E-state index contributed by atoms with van der Waals surface area (Å²) in [5.41, 5.74) is -0.296. The van der Waals surface area contributed by atoms with E-state index in [1.54, 1.807) is 0 Å². The molecule has 1 aliphatic rings. The van der Waals surface area contributed by atoms with E-state index < -0.39 is 17.9 Å². The second kappa shape index (κ2) is 5.38. The number of carboxylic acids is 1. The van der Waals surface area contributed by atoms with Crippen LogP contribution in [-0.2, 0) is 9.53 Å². The number of amides is 1. The smallest absolute Gasteiger partial charge is 0.326 e. The summed E-state index contributed by atoms with van der Waals surface area (Å²) in [6.45, 7) is 0.0973. The Morgan fingerprint density at radius 1 is 1.30 bits per heavy atom. The number of carbonyl (C=O) groups is 2. The number of carbonyl (C=O) groups excluding carboxylic acids is 1. The Morgan fingerprint density at radius 2 is 1.90 bits per heavy atom. The number of methoxy groups -OCH3 is 1. The lowest BCUT2D eigenvalue weighted by Gasteiger charge is -2.22. The van der Waals surface area contributed by atoms with Crippen molar-refractivity contribution in [2.24, 2.45) is 0 Å². The minimum atomic E-state index is -1.15. The lowest BCUT2D eigenvalue weighted by molar-refractivity contribution is -0.141. The third-order valence-electron chi connectivity index (χ3n) is 3.38. The predicted molar refractivity (Wildman–Crippen MR) is 67.6 cm³/mol. The maximum atomic E-state index is 12.4. The van der Waals surface area contributed by atoms with E-state index >= 15 is 0 Å². The fourth-order valence-electron chi connectivity index (χ4n) is 2.32. The second-order valence-electron chi connectivity index (χ2n) is 4.58. The van der Waals surface area contributed by atoms with E-state index in [0.29, 0.717) is 0 Å². The molecule has 0 spiro atoms. The van der Waals surface area contributed by atoms with Crippen LogP contribution in [0.4, 0.5) is 0 Å². The number of nitrogens with zero attached hydrogens (tertiary/aromatic N) is 1. The molecule has 3 N–H and O–H groups in total. The zero-order chi connectivity index (χ0) is 14.9. The molecule has 0 aliphatic carbocycles. The van der Waals surface area contributed by atoms with E-state index in [-0.39, 0.29) is 36.1 Å². The van der Waals surface area contributed by atoms with Crippen molar-refractivity contribution in [3.63, 3.8) is 0 Å². The number of hydrogen-bond acceptors (Lipinski definition) is 5. The molecule has 1 aliphatic heterocycles. The van der Waals surface area contributed by atoms with Crippen molar-refractivity contribution >= 4 is 11.9 Å². The first-order valence-corrected chi connectivity index (χ1v) is 6.03. The Morgan fingerprint density at radius 3 is 2.40 bits per heavy atom. The van der Waals surface area contributed by atoms with Crippen LogP contribution in [0.1, 0.15) is 16.8 Å². The Kier molecular flexibility index (Phi) is 3.80. The molecule has 2 atom stereocenters. The lowest BCUT2D eigenvalue weighted by Crippen LogP contribution is -2.40. The first-order valence-electron chi connectivity index (χ1n) is 6.03. The van der Waals surface area contributed by atoms with Crippen molar-refractivity contribution in [3.8, 4) is 11.5 Å². The van der Waals surface area contributed by atoms with Crippen molar-refractivity contribution in [1.82, 2.24) is 4.90 Å². The number of aliphatic carboxylic acids is 1. The average Bonchev–Trinajstić information content (AvgIpc) is 2.82. The predicted octanol–water partition coefficient (Wildman–Crippen LogP) is 0.412. The molecular formula is C13H15NO6. The zero-order valence-electron chi connectivity index (χ0n) is 10.8. The number of phenolic OH excluding ortho intramolecular Hbond substituents is 2. The third-order valence-corrected chi connectivity index (χ3v) is 3.38. The second-order valence-corrected chi connectivity index (χ2v) is 4.58. The summed E-state index contributed by atoms with van der Waals surface area (Å²) in [5, 5.41) is 28.5. The van der Waals surface area contributed by atoms with E-state index in [2.05, 4.69) is 0 Å². The molecule has 0 saturated carbocycles. The van der Waals surface area contributed by atoms with Crippen LogP contribution >= 0.6 is 0 Å². The SMILES string of the molecule is COC1CC(C(=O)O)N(C(=O)c2c(O)cccc2O)C1. The van der Waals surface area contributed by atoms with Gasteiger partial charge in [0.2, 0.25) is 0 Å². The third kappa shape index (κ3) is 2.39. The quantitative estimate of drug-likeness (QED) is 0.740. The van der Waals surface area contributed by atoms with Gasteiger partial charge >= 0.3 is 5.97 Å². The molecule has 20 heavy (non-hydrogen) atoms. The highest BCUT2D eigenvalue weighted by Crippen LogP contribution is 2.31. The van der Waals surface area contributed by atoms with E-state index in [1.165, 1.54) is 25.3 Å². The molecule has 1 saturated heterocycles. The minimum Gasteiger partial charge on any atom is -0.507 e. The van der Waals surface area contributed by atoms with Crippen molar-refractivity contribution in [2.45, 2.75) is 18.6 Å². The van der Waals surface area contributed by atoms with Crippen molar-refractivity contribution in [2.75, 3.05) is 13.7 Å². The molecule has 1 amide bonds. The fraction of sp³-hybridized carbons (Fsp3) is 0.385. The van der Waals surface area contributed by atoms with Gasteiger partial charge in [0, 0.05) is 20.1 Å². The van der Waals surface area contributed by atoms with Crippen LogP contribution in [0, 0.1) is 0 Å². The van der Waals surface area contributed by atoms with Gasteiger partial charge in [-0.05, 0) is 12.1 Å². The van der Waals surface area contributed by atoms with Gasteiger partial charge in [-0.25, -0.2) is 4.79 Å². The van der Waals surface area contributed by atoms with Crippen LogP contribution in [0.25, 0.3) is 0 Å². The van der Waals surface area contributed by atoms with E-state index in [9.17, 15) is 19.8 Å². The molecular weight excluding hydrogens is 266 g/mol. The van der Waals surface area contributed by atoms with Crippen LogP contribution < -0.4 is 0 Å². The molecule has 108 valence electrons. The van der Waals surface area contributed by atoms with Crippen LogP contribution in [0.5, 0.6) is 11.5 Å². The van der Waals surface area contributed by atoms with Crippen LogP contribution in [0.2, 0.25) is 0 Å². The van der Waals surface area contributed by atoms with Gasteiger partial charge in [0.1, 0.15) is 23.1 Å². The van der Waals surface area contributed by atoms with E-state index in [0.717, 1.165) is 4.90 Å². The van der Waals surface area contributed by atoms with Gasteiger partial charge in [-0.1, -0.05) is 6.07 Å². The topological polar surface area (TPSA) is 107 Å². The molecule has 1 aromatic rings. The van der Waals surface area contributed by atoms with Gasteiger partial charge in [0.05, 0.1) is 6.10 Å². The number of ether oxygens (including phenoxy) is 1. The molecule has 1 aromatic carbocycles. The standard InChI is InChI=1S/C13H15NO6/c1-20-7-5-8(13(18)19)14(6-7)12(17)11-9(15)3-2-4-10(11)16/h2-4,7-8,15-16H,5-6H2,1H3,(H,18,19). The van der Waals surface area contributed by atoms with Gasteiger partial charge in [-0.2, -0.15) is 0 Å². The fourth-order valence-corrected chi connectivity index (χ4v) is 2.32. The van der Waals surface area contributed by atoms with Gasteiger partial charge in [0.15, 0.2) is 0 Å². The number of likely N-dealkylation sites (tertiary alicyclic amines) is 1. The van der Waals surface area contributed by atoms with Crippen LogP contribution in [-0.4, -0.2) is 57.9 Å². The summed E-state index contributed by atoms with van der Waals surface area (Å²) in [5.74, 6) is -2.65. The summed E-state index contributed by atoms with van der Waals surface area (Å²) < 4.78 is 5.09. The first kappa shape index (κ1) is 14.1. The number of rotatable bonds is 3. The van der Waals surface area contributed by atoms with E-state index in [4.69, 9.17) is 9.84 Å². The highest BCUT2D eigenvalue weighted by Gasteiger charge is 2.41. The molecule has 2 unspecified atom stereocenters. The number of carboxylic acid groups (broad SMARTS) is 1. The highest BCUT2D eigenvalue weighted by molar-refractivity contribution is 6.01. The lowest BCUT2D eigenvalue weighted by atomic mass is 10.1. The molecule has 1 heterocycles. The Bertz CT molecular complexity index is 523. The summed E-state index contributed by atoms with van der Waals surface area (Å²) in [6.07, 6.45) is -0.209. The van der Waals surface area contributed by atoms with Crippen molar-refractivity contribution in [1.29, 1.82) is 0 Å². The van der Waals surface area contributed by atoms with Crippen LogP contribution in [0.15, 0.2) is 18.2 Å². The minimum absolute atomic E-state index is 0.0973. The summed E-state index contributed by atoms with van der Waals surface area (Å²) in [6, 6.07) is 2.86. The molecule has 7 nitrogen and oxygen atoms in total. The molecule has 0 bridgehead atoms. The van der Waals surface area contributed by atoms with Crippen molar-refractivity contribution < 1.29 is 29.6 Å². The van der Waals surface area contributed by atoms with Crippen LogP contribution in [0.3, 0.4) is 0 Å². The van der Waals surface area contributed by atoms with Gasteiger partial charge in [-0.15, -0.1) is 0 Å². The maximum absolute atomic E-state index is 12.4. The normalized spacial score (nSPS) is 21.9. The monoisotopic (exact) mass is 281 g/mol. The largest absolute Gasteiger partial charge is 0.507 e. The number of hydrogen-bond donors (Lipinski definition) is 3. The zero-order valence-corrected chi connectivity index (χ0v) is 10.8. The molecule has 1 fully saturated rings. The number of benzene rings is 1.